The molecule has 3 heteroatoms. The van der Waals surface area contributed by atoms with Gasteiger partial charge < -0.3 is 5.11 Å². The van der Waals surface area contributed by atoms with Crippen LogP contribution in [0.15, 0.2) is 12.2 Å². The molecule has 0 spiro atoms. The highest BCUT2D eigenvalue weighted by atomic mass is 16.3. The van der Waals surface area contributed by atoms with Crippen molar-refractivity contribution in [2.45, 2.75) is 32.2 Å². The van der Waals surface area contributed by atoms with Gasteiger partial charge in [0, 0.05) is 25.0 Å². The SMILES string of the molecule is CC1C(=O)CC=CC1N1CCC(CO)CC1. The normalized spacial score (nSPS) is 33.2. The van der Waals surface area contributed by atoms with Crippen molar-refractivity contribution in [3.05, 3.63) is 12.2 Å². The molecule has 3 nitrogen and oxygen atoms in total. The van der Waals surface area contributed by atoms with Crippen LogP contribution in [0.1, 0.15) is 26.2 Å². The average Bonchev–Trinajstić information content (AvgIpc) is 2.33. The number of likely N-dealkylation sites (tertiary alicyclic amines) is 1. The summed E-state index contributed by atoms with van der Waals surface area (Å²) in [6, 6.07) is 0.292. The molecule has 1 N–H and O–H groups in total. The molecule has 2 atom stereocenters. The van der Waals surface area contributed by atoms with Crippen molar-refractivity contribution in [3.63, 3.8) is 0 Å². The van der Waals surface area contributed by atoms with Gasteiger partial charge in [-0.25, -0.2) is 0 Å². The van der Waals surface area contributed by atoms with Gasteiger partial charge in [0.05, 0.1) is 0 Å². The van der Waals surface area contributed by atoms with Crippen molar-refractivity contribution < 1.29 is 9.90 Å². The van der Waals surface area contributed by atoms with Crippen LogP contribution in [0.4, 0.5) is 0 Å². The molecule has 1 aliphatic carbocycles. The highest BCUT2D eigenvalue weighted by molar-refractivity contribution is 5.84. The van der Waals surface area contributed by atoms with Gasteiger partial charge in [-0.15, -0.1) is 0 Å². The number of Topliss-reactive ketones (excluding diaryl/α,β-unsaturated/α-hetero) is 1. The molecule has 0 bridgehead atoms. The number of ketones is 1. The molecule has 90 valence electrons. The largest absolute Gasteiger partial charge is 0.396 e. The maximum atomic E-state index is 11.6. The Morgan fingerprint density at radius 2 is 2.12 bits per heavy atom. The van der Waals surface area contributed by atoms with E-state index in [2.05, 4.69) is 11.0 Å². The number of carbonyl (C=O) groups is 1. The second-order valence-corrected chi connectivity index (χ2v) is 5.04. The van der Waals surface area contributed by atoms with E-state index in [0.29, 0.717) is 30.8 Å². The van der Waals surface area contributed by atoms with Crippen LogP contribution in [0.25, 0.3) is 0 Å². The van der Waals surface area contributed by atoms with E-state index in [1.807, 2.05) is 13.0 Å². The summed E-state index contributed by atoms with van der Waals surface area (Å²) < 4.78 is 0. The Morgan fingerprint density at radius 1 is 1.44 bits per heavy atom. The molecule has 0 radical (unpaired) electrons. The minimum Gasteiger partial charge on any atom is -0.396 e. The van der Waals surface area contributed by atoms with Crippen LogP contribution in [0.2, 0.25) is 0 Å². The lowest BCUT2D eigenvalue weighted by atomic mass is 9.86. The summed E-state index contributed by atoms with van der Waals surface area (Å²) in [5.41, 5.74) is 0. The monoisotopic (exact) mass is 223 g/mol. The Morgan fingerprint density at radius 3 is 2.75 bits per heavy atom. The Balaban J connectivity index is 1.95. The number of carbonyl (C=O) groups excluding carboxylic acids is 1. The molecule has 2 unspecified atom stereocenters. The van der Waals surface area contributed by atoms with E-state index in [0.717, 1.165) is 25.9 Å². The first kappa shape index (κ1) is 11.8. The summed E-state index contributed by atoms with van der Waals surface area (Å²) in [5, 5.41) is 9.10. The third-order valence-electron chi connectivity index (χ3n) is 4.00. The number of nitrogens with zero attached hydrogens (tertiary/aromatic N) is 1. The molecule has 0 amide bonds. The molecule has 1 heterocycles. The lowest BCUT2D eigenvalue weighted by Gasteiger charge is -2.39. The third kappa shape index (κ3) is 2.36. The third-order valence-corrected chi connectivity index (χ3v) is 4.00. The Kier molecular flexibility index (Phi) is 3.77. The Bertz CT molecular complexity index is 280. The van der Waals surface area contributed by atoms with Crippen LogP contribution in [0, 0.1) is 11.8 Å². The Labute approximate surface area is 97.1 Å². The maximum absolute atomic E-state index is 11.6. The van der Waals surface area contributed by atoms with E-state index in [-0.39, 0.29) is 5.92 Å². The van der Waals surface area contributed by atoms with Gasteiger partial charge in [-0.2, -0.15) is 0 Å². The van der Waals surface area contributed by atoms with Gasteiger partial charge in [-0.1, -0.05) is 19.1 Å². The summed E-state index contributed by atoms with van der Waals surface area (Å²) in [4.78, 5) is 14.0. The van der Waals surface area contributed by atoms with Gasteiger partial charge in [0.25, 0.3) is 0 Å². The lowest BCUT2D eigenvalue weighted by Crippen LogP contribution is -2.46. The first-order valence-electron chi connectivity index (χ1n) is 6.26. The molecular weight excluding hydrogens is 202 g/mol. The second-order valence-electron chi connectivity index (χ2n) is 5.04. The minimum atomic E-state index is 0.135. The standard InChI is InChI=1S/C13H21NO2/c1-10-12(3-2-4-13(10)16)14-7-5-11(9-15)6-8-14/h2-3,10-12,15H,4-9H2,1H3. The predicted molar refractivity (Wildman–Crippen MR) is 63.1 cm³/mol. The van der Waals surface area contributed by atoms with Crippen molar-refractivity contribution in [2.75, 3.05) is 19.7 Å². The fraction of sp³-hybridized carbons (Fsp3) is 0.769. The van der Waals surface area contributed by atoms with Crippen LogP contribution in [0.5, 0.6) is 0 Å². The smallest absolute Gasteiger partial charge is 0.141 e. The van der Waals surface area contributed by atoms with Crippen LogP contribution in [-0.4, -0.2) is 41.5 Å². The zero-order valence-corrected chi connectivity index (χ0v) is 9.93. The van der Waals surface area contributed by atoms with Crippen LogP contribution in [0.3, 0.4) is 0 Å². The van der Waals surface area contributed by atoms with Gasteiger partial charge in [-0.05, 0) is 31.8 Å². The molecule has 2 aliphatic rings. The van der Waals surface area contributed by atoms with E-state index in [4.69, 9.17) is 5.11 Å². The molecular formula is C13H21NO2. The van der Waals surface area contributed by atoms with Crippen LogP contribution < -0.4 is 0 Å². The fourth-order valence-electron chi connectivity index (χ4n) is 2.74. The molecule has 1 aliphatic heterocycles. The number of rotatable bonds is 2. The average molecular weight is 223 g/mol. The van der Waals surface area contributed by atoms with E-state index in [1.165, 1.54) is 0 Å². The lowest BCUT2D eigenvalue weighted by molar-refractivity contribution is -0.123. The van der Waals surface area contributed by atoms with Crippen molar-refractivity contribution in [1.29, 1.82) is 0 Å². The molecule has 1 saturated heterocycles. The van der Waals surface area contributed by atoms with E-state index < -0.39 is 0 Å². The summed E-state index contributed by atoms with van der Waals surface area (Å²) >= 11 is 0. The molecule has 1 fully saturated rings. The molecule has 0 saturated carbocycles. The zero-order chi connectivity index (χ0) is 11.5. The maximum Gasteiger partial charge on any atom is 0.141 e. The van der Waals surface area contributed by atoms with Crippen molar-refractivity contribution in [3.8, 4) is 0 Å². The van der Waals surface area contributed by atoms with Gasteiger partial charge in [0.15, 0.2) is 0 Å². The first-order chi connectivity index (χ1) is 7.72. The van der Waals surface area contributed by atoms with E-state index >= 15 is 0 Å². The van der Waals surface area contributed by atoms with Gasteiger partial charge in [0.1, 0.15) is 5.78 Å². The summed E-state index contributed by atoms with van der Waals surface area (Å²) in [7, 11) is 0. The number of hydrogen-bond donors (Lipinski definition) is 1. The topological polar surface area (TPSA) is 40.5 Å². The molecule has 0 aromatic carbocycles. The van der Waals surface area contributed by atoms with Crippen LogP contribution in [-0.2, 0) is 4.79 Å². The number of allylic oxidation sites excluding steroid dienone is 1. The first-order valence-corrected chi connectivity index (χ1v) is 6.26. The van der Waals surface area contributed by atoms with Gasteiger partial charge >= 0.3 is 0 Å². The second kappa shape index (κ2) is 5.11. The van der Waals surface area contributed by atoms with Gasteiger partial charge in [0.2, 0.25) is 0 Å². The van der Waals surface area contributed by atoms with E-state index in [9.17, 15) is 4.79 Å². The quantitative estimate of drug-likeness (QED) is 0.716. The predicted octanol–water partition coefficient (Wildman–Crippen LogP) is 1.22. The number of aliphatic hydroxyl groups excluding tert-OH is 1. The highest BCUT2D eigenvalue weighted by Crippen LogP contribution is 2.25. The summed E-state index contributed by atoms with van der Waals surface area (Å²) in [6.45, 7) is 4.37. The fourth-order valence-corrected chi connectivity index (χ4v) is 2.74. The number of aliphatic hydroxyl groups is 1. The summed E-state index contributed by atoms with van der Waals surface area (Å²) in [6.07, 6.45) is 6.91. The minimum absolute atomic E-state index is 0.135. The van der Waals surface area contributed by atoms with Crippen LogP contribution >= 0.6 is 0 Å². The van der Waals surface area contributed by atoms with Crippen molar-refractivity contribution in [2.24, 2.45) is 11.8 Å². The zero-order valence-electron chi connectivity index (χ0n) is 9.93. The van der Waals surface area contributed by atoms with Gasteiger partial charge in [-0.3, -0.25) is 9.69 Å². The molecule has 2 rings (SSSR count). The highest BCUT2D eigenvalue weighted by Gasteiger charge is 2.31. The molecule has 16 heavy (non-hydrogen) atoms. The number of piperidine rings is 1. The Hall–Kier alpha value is -0.670. The molecule has 0 aromatic rings. The van der Waals surface area contributed by atoms with Crippen molar-refractivity contribution in [1.82, 2.24) is 4.90 Å². The van der Waals surface area contributed by atoms with Crippen molar-refractivity contribution >= 4 is 5.78 Å². The number of hydrogen-bond acceptors (Lipinski definition) is 3. The summed E-state index contributed by atoms with van der Waals surface area (Å²) in [5.74, 6) is 0.960. The van der Waals surface area contributed by atoms with E-state index in [1.54, 1.807) is 0 Å². The molecule has 0 aromatic heterocycles.